The zero-order chi connectivity index (χ0) is 10.1. The lowest BCUT2D eigenvalue weighted by molar-refractivity contribution is 0.716. The van der Waals surface area contributed by atoms with Crippen molar-refractivity contribution in [3.05, 3.63) is 23.0 Å². The van der Waals surface area contributed by atoms with Crippen LogP contribution in [0.25, 0.3) is 5.57 Å². The predicted octanol–water partition coefficient (Wildman–Crippen LogP) is 1.67. The molecule has 1 aromatic rings. The molecule has 2 rings (SSSR count). The number of hydrogen-bond donors (Lipinski definition) is 1. The Morgan fingerprint density at radius 3 is 3.00 bits per heavy atom. The molecule has 0 spiro atoms. The highest BCUT2D eigenvalue weighted by Crippen LogP contribution is 2.25. The summed E-state index contributed by atoms with van der Waals surface area (Å²) in [6.45, 7) is 1.60. The second-order valence-electron chi connectivity index (χ2n) is 3.30. The zero-order valence-electron chi connectivity index (χ0n) is 7.80. The van der Waals surface area contributed by atoms with Crippen LogP contribution in [0.1, 0.15) is 5.69 Å². The van der Waals surface area contributed by atoms with E-state index in [1.807, 2.05) is 13.1 Å². The van der Waals surface area contributed by atoms with Crippen LogP contribution in [0.15, 0.2) is 12.3 Å². The number of rotatable bonds is 1. The number of nitrogens with one attached hydrogen (secondary N) is 1. The monoisotopic (exact) mass is 231 g/mol. The van der Waals surface area contributed by atoms with Gasteiger partial charge in [-0.1, -0.05) is 17.7 Å². The quantitative estimate of drug-likeness (QED) is 0.746. The molecule has 0 radical (unpaired) electrons. The van der Waals surface area contributed by atoms with Crippen LogP contribution in [0.2, 0.25) is 5.02 Å². The molecule has 0 aromatic carbocycles. The average Bonchev–Trinajstić information content (AvgIpc) is 2.46. The van der Waals surface area contributed by atoms with Crippen LogP contribution in [0, 0.1) is 0 Å². The fourth-order valence-corrected chi connectivity index (χ4v) is 2.16. The van der Waals surface area contributed by atoms with Crippen molar-refractivity contribution < 1.29 is 0 Å². The number of hydrogen-bond acceptors (Lipinski definition) is 2. The van der Waals surface area contributed by atoms with Gasteiger partial charge in [0, 0.05) is 20.1 Å². The minimum atomic E-state index is 0.0321. The molecule has 14 heavy (non-hydrogen) atoms. The third kappa shape index (κ3) is 1.80. The molecule has 0 aliphatic carbocycles. The third-order valence-electron chi connectivity index (χ3n) is 2.24. The first kappa shape index (κ1) is 10.0. The Hall–Kier alpha value is -0.510. The van der Waals surface area contributed by atoms with Gasteiger partial charge in [-0.05, 0) is 5.57 Å². The number of aryl methyl sites for hydroxylation is 1. The van der Waals surface area contributed by atoms with Crippen LogP contribution in [0.5, 0.6) is 0 Å². The van der Waals surface area contributed by atoms with Crippen molar-refractivity contribution in [2.24, 2.45) is 7.05 Å². The molecular weight excluding hydrogens is 221 g/mol. The summed E-state index contributed by atoms with van der Waals surface area (Å²) in [7, 11) is 1.87. The van der Waals surface area contributed by atoms with E-state index in [9.17, 15) is 0 Å². The van der Waals surface area contributed by atoms with Crippen molar-refractivity contribution in [1.29, 1.82) is 0 Å². The van der Waals surface area contributed by atoms with Crippen LogP contribution in [-0.4, -0.2) is 28.2 Å². The molecule has 0 saturated carbocycles. The molecule has 0 bridgehead atoms. The van der Waals surface area contributed by atoms with Gasteiger partial charge >= 0.3 is 0 Å². The first-order valence-corrected chi connectivity index (χ1v) is 5.23. The van der Waals surface area contributed by atoms with Gasteiger partial charge in [0.25, 0.3) is 0 Å². The maximum Gasteiger partial charge on any atom is 0.0862 e. The molecule has 76 valence electrons. The van der Waals surface area contributed by atoms with Crippen LogP contribution in [-0.2, 0) is 7.05 Å². The van der Waals surface area contributed by atoms with E-state index in [2.05, 4.69) is 10.4 Å². The largest absolute Gasteiger partial charge is 0.311 e. The molecule has 5 heteroatoms. The maximum absolute atomic E-state index is 6.03. The number of aromatic nitrogens is 2. The van der Waals surface area contributed by atoms with E-state index < -0.39 is 0 Å². The summed E-state index contributed by atoms with van der Waals surface area (Å²) in [4.78, 5) is 0. The molecule has 1 unspecified atom stereocenters. The van der Waals surface area contributed by atoms with Crippen molar-refractivity contribution >= 4 is 28.8 Å². The SMILES string of the molecule is Cn1ncc(Cl)c1C1=CC(Cl)CNC1. The highest BCUT2D eigenvalue weighted by molar-refractivity contribution is 6.32. The standard InChI is InChI=1S/C9H11Cl2N3/c1-14-9(8(11)5-13-14)6-2-7(10)4-12-3-6/h2,5,7,12H,3-4H2,1H3. The van der Waals surface area contributed by atoms with Gasteiger partial charge in [-0.2, -0.15) is 5.10 Å². The van der Waals surface area contributed by atoms with Gasteiger partial charge in [-0.3, -0.25) is 4.68 Å². The number of nitrogens with zero attached hydrogens (tertiary/aromatic N) is 2. The summed E-state index contributed by atoms with van der Waals surface area (Å²) in [5.74, 6) is 0. The van der Waals surface area contributed by atoms with Crippen molar-refractivity contribution in [2.75, 3.05) is 13.1 Å². The molecule has 0 fully saturated rings. The Morgan fingerprint density at radius 2 is 2.43 bits per heavy atom. The summed E-state index contributed by atoms with van der Waals surface area (Å²) < 4.78 is 1.77. The van der Waals surface area contributed by atoms with Gasteiger partial charge in [-0.15, -0.1) is 11.6 Å². The Labute approximate surface area is 92.7 Å². The Bertz CT molecular complexity index is 351. The van der Waals surface area contributed by atoms with Crippen molar-refractivity contribution in [2.45, 2.75) is 5.38 Å². The first-order valence-electron chi connectivity index (χ1n) is 4.42. The fourth-order valence-electron chi connectivity index (χ4n) is 1.62. The molecule has 1 atom stereocenters. The Balaban J connectivity index is 2.39. The smallest absolute Gasteiger partial charge is 0.0862 e. The minimum Gasteiger partial charge on any atom is -0.311 e. The average molecular weight is 232 g/mol. The normalized spacial score (nSPS) is 22.2. The van der Waals surface area contributed by atoms with E-state index in [1.54, 1.807) is 10.9 Å². The maximum atomic E-state index is 6.03. The molecule has 1 N–H and O–H groups in total. The van der Waals surface area contributed by atoms with Gasteiger partial charge in [0.15, 0.2) is 0 Å². The van der Waals surface area contributed by atoms with E-state index in [-0.39, 0.29) is 5.38 Å². The van der Waals surface area contributed by atoms with E-state index in [4.69, 9.17) is 23.2 Å². The van der Waals surface area contributed by atoms with Crippen molar-refractivity contribution in [3.63, 3.8) is 0 Å². The highest BCUT2D eigenvalue weighted by atomic mass is 35.5. The van der Waals surface area contributed by atoms with E-state index in [0.29, 0.717) is 5.02 Å². The van der Waals surface area contributed by atoms with Gasteiger partial charge < -0.3 is 5.32 Å². The molecule has 1 aliphatic rings. The van der Waals surface area contributed by atoms with Crippen LogP contribution >= 0.6 is 23.2 Å². The molecule has 0 saturated heterocycles. The van der Waals surface area contributed by atoms with Crippen LogP contribution in [0.3, 0.4) is 0 Å². The summed E-state index contributed by atoms with van der Waals surface area (Å²) in [5.41, 5.74) is 2.06. The van der Waals surface area contributed by atoms with E-state index >= 15 is 0 Å². The van der Waals surface area contributed by atoms with Crippen molar-refractivity contribution in [3.8, 4) is 0 Å². The molecule has 1 aliphatic heterocycles. The molecular formula is C9H11Cl2N3. The summed E-state index contributed by atoms with van der Waals surface area (Å²) in [5, 5.41) is 8.02. The Morgan fingerprint density at radius 1 is 1.64 bits per heavy atom. The van der Waals surface area contributed by atoms with Crippen LogP contribution in [0.4, 0.5) is 0 Å². The molecule has 3 nitrogen and oxygen atoms in total. The van der Waals surface area contributed by atoms with Gasteiger partial charge in [0.2, 0.25) is 0 Å². The first-order chi connectivity index (χ1) is 6.68. The van der Waals surface area contributed by atoms with Crippen LogP contribution < -0.4 is 5.32 Å². The summed E-state index contributed by atoms with van der Waals surface area (Å²) in [6.07, 6.45) is 3.68. The number of halogens is 2. The Kier molecular flexibility index (Phi) is 2.81. The van der Waals surface area contributed by atoms with E-state index in [1.165, 1.54) is 0 Å². The summed E-state index contributed by atoms with van der Waals surface area (Å²) in [6, 6.07) is 0. The van der Waals surface area contributed by atoms with Crippen molar-refractivity contribution in [1.82, 2.24) is 15.1 Å². The lowest BCUT2D eigenvalue weighted by atomic mass is 10.1. The molecule has 2 heterocycles. The number of alkyl halides is 1. The predicted molar refractivity (Wildman–Crippen MR) is 58.7 cm³/mol. The van der Waals surface area contributed by atoms with E-state index in [0.717, 1.165) is 24.4 Å². The second-order valence-corrected chi connectivity index (χ2v) is 4.27. The zero-order valence-corrected chi connectivity index (χ0v) is 9.31. The minimum absolute atomic E-state index is 0.0321. The highest BCUT2D eigenvalue weighted by Gasteiger charge is 2.16. The topological polar surface area (TPSA) is 29.9 Å². The lowest BCUT2D eigenvalue weighted by Crippen LogP contribution is -2.29. The third-order valence-corrected chi connectivity index (χ3v) is 2.79. The summed E-state index contributed by atoms with van der Waals surface area (Å²) >= 11 is 12.1. The van der Waals surface area contributed by atoms with Gasteiger partial charge in [0.05, 0.1) is 22.3 Å². The second kappa shape index (κ2) is 3.93. The lowest BCUT2D eigenvalue weighted by Gasteiger charge is -2.18. The van der Waals surface area contributed by atoms with Gasteiger partial charge in [-0.25, -0.2) is 0 Å². The fraction of sp³-hybridized carbons (Fsp3) is 0.444. The molecule has 1 aromatic heterocycles. The van der Waals surface area contributed by atoms with Gasteiger partial charge in [0.1, 0.15) is 0 Å². The molecule has 0 amide bonds.